The van der Waals surface area contributed by atoms with Crippen molar-refractivity contribution in [1.82, 2.24) is 0 Å². The van der Waals surface area contributed by atoms with Crippen molar-refractivity contribution in [3.05, 3.63) is 52.6 Å². The van der Waals surface area contributed by atoms with Gasteiger partial charge in [-0.15, -0.1) is 0 Å². The quantitative estimate of drug-likeness (QED) is 0.607. The van der Waals surface area contributed by atoms with Crippen LogP contribution >= 0.6 is 0 Å². The van der Waals surface area contributed by atoms with Crippen molar-refractivity contribution in [2.75, 3.05) is 13.7 Å². The van der Waals surface area contributed by atoms with Crippen molar-refractivity contribution in [3.8, 4) is 5.75 Å². The van der Waals surface area contributed by atoms with E-state index in [1.54, 1.807) is 7.11 Å². The molecule has 4 nitrogen and oxygen atoms in total. The van der Waals surface area contributed by atoms with E-state index in [1.807, 2.05) is 32.1 Å². The van der Waals surface area contributed by atoms with Crippen LogP contribution in [0.4, 0.5) is 0 Å². The van der Waals surface area contributed by atoms with E-state index < -0.39 is 5.41 Å². The van der Waals surface area contributed by atoms with Crippen LogP contribution in [0, 0.1) is 17.3 Å². The minimum atomic E-state index is -0.399. The molecule has 5 rings (SSSR count). The summed E-state index contributed by atoms with van der Waals surface area (Å²) in [6.07, 6.45) is 6.62. The van der Waals surface area contributed by atoms with Gasteiger partial charge in [0, 0.05) is 12.8 Å². The number of carbonyl (C=O) groups is 2. The Kier molecular flexibility index (Phi) is 6.20. The number of ether oxygens (including phenoxy) is 2. The number of methoxy groups -OCH3 is 1. The van der Waals surface area contributed by atoms with E-state index in [9.17, 15) is 9.59 Å². The molecular weight excluding hydrogens is 388 g/mol. The second kappa shape index (κ2) is 8.74. The predicted molar refractivity (Wildman–Crippen MR) is 121 cm³/mol. The molecule has 1 aromatic rings. The fourth-order valence-corrected chi connectivity index (χ4v) is 6.11. The maximum Gasteiger partial charge on any atom is 0.156 e. The molecule has 1 heterocycles. The third-order valence-corrected chi connectivity index (χ3v) is 7.69. The summed E-state index contributed by atoms with van der Waals surface area (Å²) in [5.41, 5.74) is 4.56. The van der Waals surface area contributed by atoms with Gasteiger partial charge in [0.15, 0.2) is 5.78 Å². The fourth-order valence-electron chi connectivity index (χ4n) is 6.11. The molecule has 3 aliphatic carbocycles. The van der Waals surface area contributed by atoms with Crippen LogP contribution in [0.15, 0.2) is 47.1 Å². The van der Waals surface area contributed by atoms with Gasteiger partial charge in [-0.05, 0) is 78.0 Å². The first-order valence-corrected chi connectivity index (χ1v) is 11.8. The normalized spacial score (nSPS) is 32.1. The number of hydrogen-bond acceptors (Lipinski definition) is 4. The molecule has 0 bridgehead atoms. The summed E-state index contributed by atoms with van der Waals surface area (Å²) < 4.78 is 11.9. The molecule has 0 amide bonds. The standard InChI is InChI=1S/C25H28O4.C2H6/c1-25-14-29-24(15-3-7-18(28-2)8-4-15)23-19-10-6-17(26)13-16(19)5-9-20(23)21(25)11-12-22(25)27;1-2/h3-4,7-8,13,20-21,24H,5-6,9-12,14H2,1-2H3;1-2H3/t20?,21?,24-,25+;/m1./s1. The van der Waals surface area contributed by atoms with Crippen molar-refractivity contribution < 1.29 is 19.1 Å². The van der Waals surface area contributed by atoms with Crippen molar-refractivity contribution in [3.63, 3.8) is 0 Å². The van der Waals surface area contributed by atoms with Gasteiger partial charge in [0.1, 0.15) is 17.6 Å². The second-order valence-corrected chi connectivity index (χ2v) is 9.16. The highest BCUT2D eigenvalue weighted by Crippen LogP contribution is 2.57. The third-order valence-electron chi connectivity index (χ3n) is 7.69. The van der Waals surface area contributed by atoms with Gasteiger partial charge in [-0.2, -0.15) is 0 Å². The molecule has 0 spiro atoms. The Labute approximate surface area is 185 Å². The van der Waals surface area contributed by atoms with Crippen LogP contribution < -0.4 is 4.74 Å². The Hall–Kier alpha value is -2.20. The SMILES string of the molecule is CC.COc1ccc([C@H]2OC[C@]3(C)C(=O)CCC3C3CCC4=CC(=O)CCC4=C32)cc1. The zero-order chi connectivity index (χ0) is 22.2. The molecule has 4 atom stereocenters. The van der Waals surface area contributed by atoms with Crippen LogP contribution in [0.5, 0.6) is 5.75 Å². The minimum absolute atomic E-state index is 0.159. The van der Waals surface area contributed by atoms with Gasteiger partial charge < -0.3 is 9.47 Å². The van der Waals surface area contributed by atoms with Gasteiger partial charge in [0.2, 0.25) is 0 Å². The highest BCUT2D eigenvalue weighted by Gasteiger charge is 2.54. The topological polar surface area (TPSA) is 52.6 Å². The molecule has 2 fully saturated rings. The average Bonchev–Trinajstić information content (AvgIpc) is 3.02. The Morgan fingerprint density at radius 1 is 1.00 bits per heavy atom. The monoisotopic (exact) mass is 422 g/mol. The smallest absolute Gasteiger partial charge is 0.156 e. The molecule has 0 N–H and O–H groups in total. The Morgan fingerprint density at radius 3 is 2.45 bits per heavy atom. The number of allylic oxidation sites excluding steroid dienone is 3. The number of rotatable bonds is 2. The highest BCUT2D eigenvalue weighted by molar-refractivity contribution is 5.93. The van der Waals surface area contributed by atoms with Crippen molar-refractivity contribution in [2.45, 2.75) is 65.4 Å². The highest BCUT2D eigenvalue weighted by atomic mass is 16.5. The second-order valence-electron chi connectivity index (χ2n) is 9.16. The number of benzene rings is 1. The zero-order valence-corrected chi connectivity index (χ0v) is 19.2. The zero-order valence-electron chi connectivity index (χ0n) is 19.2. The van der Waals surface area contributed by atoms with Crippen LogP contribution in [0.1, 0.15) is 71.0 Å². The van der Waals surface area contributed by atoms with Gasteiger partial charge in [-0.25, -0.2) is 0 Å². The first-order valence-electron chi connectivity index (χ1n) is 11.8. The molecular formula is C27H34O4. The van der Waals surface area contributed by atoms with Crippen molar-refractivity contribution in [1.29, 1.82) is 0 Å². The number of carbonyl (C=O) groups excluding carboxylic acids is 2. The Balaban J connectivity index is 0.00000112. The van der Waals surface area contributed by atoms with Gasteiger partial charge in [0.05, 0.1) is 19.1 Å². The lowest BCUT2D eigenvalue weighted by Crippen LogP contribution is -2.36. The van der Waals surface area contributed by atoms with E-state index in [2.05, 4.69) is 19.1 Å². The van der Waals surface area contributed by atoms with Crippen molar-refractivity contribution >= 4 is 11.6 Å². The molecule has 0 radical (unpaired) electrons. The minimum Gasteiger partial charge on any atom is -0.497 e. The Morgan fingerprint density at radius 2 is 1.74 bits per heavy atom. The summed E-state index contributed by atoms with van der Waals surface area (Å²) in [4.78, 5) is 24.9. The van der Waals surface area contributed by atoms with E-state index >= 15 is 0 Å². The third kappa shape index (κ3) is 3.69. The van der Waals surface area contributed by atoms with Crippen LogP contribution in [-0.2, 0) is 14.3 Å². The van der Waals surface area contributed by atoms with Gasteiger partial charge in [-0.1, -0.05) is 32.9 Å². The Bertz CT molecular complexity index is 923. The summed E-state index contributed by atoms with van der Waals surface area (Å²) in [5.74, 6) is 2.09. The molecule has 2 unspecified atom stereocenters. The molecule has 0 aromatic heterocycles. The predicted octanol–water partition coefficient (Wildman–Crippen LogP) is 5.77. The van der Waals surface area contributed by atoms with E-state index in [1.165, 1.54) is 16.7 Å². The first kappa shape index (κ1) is 22.0. The molecule has 4 heteroatoms. The number of Topliss-reactive ketones (excluding diaryl/α,β-unsaturated/α-hetero) is 1. The lowest BCUT2D eigenvalue weighted by atomic mass is 9.64. The number of hydrogen-bond donors (Lipinski definition) is 0. The molecule has 31 heavy (non-hydrogen) atoms. The van der Waals surface area contributed by atoms with Crippen LogP contribution in [0.2, 0.25) is 0 Å². The molecule has 1 aliphatic heterocycles. The lowest BCUT2D eigenvalue weighted by molar-refractivity contribution is -0.130. The summed E-state index contributed by atoms with van der Waals surface area (Å²) >= 11 is 0. The maximum absolute atomic E-state index is 12.8. The molecule has 1 aromatic carbocycles. The van der Waals surface area contributed by atoms with Gasteiger partial charge in [0.25, 0.3) is 0 Å². The van der Waals surface area contributed by atoms with Gasteiger partial charge >= 0.3 is 0 Å². The van der Waals surface area contributed by atoms with E-state index in [4.69, 9.17) is 9.47 Å². The summed E-state index contributed by atoms with van der Waals surface area (Å²) in [5, 5.41) is 0. The van der Waals surface area contributed by atoms with Crippen LogP contribution in [0.3, 0.4) is 0 Å². The lowest BCUT2D eigenvalue weighted by Gasteiger charge is -2.39. The van der Waals surface area contributed by atoms with Crippen molar-refractivity contribution in [2.24, 2.45) is 17.3 Å². The molecule has 1 saturated heterocycles. The van der Waals surface area contributed by atoms with Crippen LogP contribution in [-0.4, -0.2) is 25.3 Å². The largest absolute Gasteiger partial charge is 0.497 e. The molecule has 4 aliphatic rings. The van der Waals surface area contributed by atoms with E-state index in [-0.39, 0.29) is 11.9 Å². The first-order chi connectivity index (χ1) is 15.0. The summed E-state index contributed by atoms with van der Waals surface area (Å²) in [6, 6.07) is 8.10. The van der Waals surface area contributed by atoms with Gasteiger partial charge in [-0.3, -0.25) is 9.59 Å². The maximum atomic E-state index is 12.8. The van der Waals surface area contributed by atoms with E-state index in [0.29, 0.717) is 37.1 Å². The molecule has 1 saturated carbocycles. The van der Waals surface area contributed by atoms with Crippen LogP contribution in [0.25, 0.3) is 0 Å². The number of ketones is 2. The average molecular weight is 423 g/mol. The number of fused-ring (bicyclic) bond motifs is 4. The van der Waals surface area contributed by atoms with E-state index in [0.717, 1.165) is 37.0 Å². The fraction of sp³-hybridized carbons (Fsp3) is 0.556. The molecule has 166 valence electrons. The summed E-state index contributed by atoms with van der Waals surface area (Å²) in [7, 11) is 1.67. The summed E-state index contributed by atoms with van der Waals surface area (Å²) in [6.45, 7) is 6.58.